The molecule has 110 valence electrons. The summed E-state index contributed by atoms with van der Waals surface area (Å²) in [7, 11) is 0. The van der Waals surface area contributed by atoms with Crippen LogP contribution in [0.2, 0.25) is 0 Å². The number of nitriles is 3. The maximum atomic E-state index is 9.16. The first-order valence-electron chi connectivity index (χ1n) is 6.88. The molecule has 0 radical (unpaired) electrons. The molecule has 0 spiro atoms. The van der Waals surface area contributed by atoms with Crippen molar-refractivity contribution in [3.8, 4) is 18.2 Å². The largest absolute Gasteiger partial charge is 0.396 e. The van der Waals surface area contributed by atoms with Crippen LogP contribution >= 0.6 is 0 Å². The number of allylic oxidation sites excluding steroid dienone is 2. The number of nitrogens with zero attached hydrogens (tertiary/aromatic N) is 4. The standard InChI is InChI=1S/C17H17N5/c1-3-22(4-2)16-7-5-13(6-8-16)9-14(10-18)17(21)15(11-19)12-20/h5-9H,3-4,21H2,1-2H3/b14-9+. The number of hydrogen-bond acceptors (Lipinski definition) is 5. The molecule has 1 aromatic rings. The third kappa shape index (κ3) is 3.88. The van der Waals surface area contributed by atoms with E-state index in [2.05, 4.69) is 18.7 Å². The van der Waals surface area contributed by atoms with E-state index < -0.39 is 0 Å². The van der Waals surface area contributed by atoms with Crippen LogP contribution in [0.25, 0.3) is 6.08 Å². The Morgan fingerprint density at radius 3 is 2.00 bits per heavy atom. The van der Waals surface area contributed by atoms with Crippen molar-refractivity contribution >= 4 is 11.8 Å². The van der Waals surface area contributed by atoms with Crippen LogP contribution < -0.4 is 10.6 Å². The molecule has 0 fully saturated rings. The van der Waals surface area contributed by atoms with Crippen molar-refractivity contribution in [3.05, 3.63) is 46.7 Å². The van der Waals surface area contributed by atoms with Crippen molar-refractivity contribution in [2.45, 2.75) is 13.8 Å². The van der Waals surface area contributed by atoms with Gasteiger partial charge in [-0.15, -0.1) is 0 Å². The number of nitrogens with two attached hydrogens (primary N) is 1. The smallest absolute Gasteiger partial charge is 0.153 e. The van der Waals surface area contributed by atoms with Crippen LogP contribution in [-0.4, -0.2) is 13.1 Å². The fourth-order valence-electron chi connectivity index (χ4n) is 1.99. The molecule has 0 aliphatic carbocycles. The second-order valence-electron chi connectivity index (χ2n) is 4.45. The first kappa shape index (κ1) is 16.8. The fraction of sp³-hybridized carbons (Fsp3) is 0.235. The van der Waals surface area contributed by atoms with Gasteiger partial charge in [-0.2, -0.15) is 15.8 Å². The fourth-order valence-corrected chi connectivity index (χ4v) is 1.99. The van der Waals surface area contributed by atoms with Crippen molar-refractivity contribution in [1.29, 1.82) is 15.8 Å². The highest BCUT2D eigenvalue weighted by Gasteiger charge is 2.08. The minimum absolute atomic E-state index is 0.0969. The predicted molar refractivity (Wildman–Crippen MR) is 86.0 cm³/mol. The van der Waals surface area contributed by atoms with E-state index in [9.17, 15) is 0 Å². The quantitative estimate of drug-likeness (QED) is 0.664. The molecule has 1 aromatic carbocycles. The van der Waals surface area contributed by atoms with Gasteiger partial charge in [0.05, 0.1) is 11.3 Å². The van der Waals surface area contributed by atoms with Crippen LogP contribution in [0.4, 0.5) is 5.69 Å². The van der Waals surface area contributed by atoms with Crippen LogP contribution in [0.5, 0.6) is 0 Å². The van der Waals surface area contributed by atoms with Gasteiger partial charge in [0.15, 0.2) is 5.57 Å². The molecule has 0 aliphatic rings. The Balaban J connectivity index is 3.17. The minimum Gasteiger partial charge on any atom is -0.396 e. The summed E-state index contributed by atoms with van der Waals surface area (Å²) in [4.78, 5) is 2.20. The first-order chi connectivity index (χ1) is 10.6. The Morgan fingerprint density at radius 2 is 1.59 bits per heavy atom. The predicted octanol–water partition coefficient (Wildman–Crippen LogP) is 2.70. The average molecular weight is 291 g/mol. The molecular weight excluding hydrogens is 274 g/mol. The van der Waals surface area contributed by atoms with Gasteiger partial charge in [-0.25, -0.2) is 0 Å². The van der Waals surface area contributed by atoms with E-state index in [0.717, 1.165) is 24.3 Å². The lowest BCUT2D eigenvalue weighted by Gasteiger charge is -2.20. The Kier molecular flexibility index (Phi) is 6.23. The molecule has 22 heavy (non-hydrogen) atoms. The van der Waals surface area contributed by atoms with Crippen molar-refractivity contribution in [2.24, 2.45) is 5.73 Å². The summed E-state index contributed by atoms with van der Waals surface area (Å²) in [5.74, 6) is 0. The van der Waals surface area contributed by atoms with E-state index in [1.807, 2.05) is 30.3 Å². The third-order valence-electron chi connectivity index (χ3n) is 3.24. The molecule has 0 atom stereocenters. The van der Waals surface area contributed by atoms with Gasteiger partial charge in [0.1, 0.15) is 18.2 Å². The van der Waals surface area contributed by atoms with Gasteiger partial charge in [-0.1, -0.05) is 12.1 Å². The molecule has 0 amide bonds. The molecule has 0 saturated heterocycles. The average Bonchev–Trinajstić information content (AvgIpc) is 2.56. The highest BCUT2D eigenvalue weighted by molar-refractivity contribution is 5.67. The van der Waals surface area contributed by atoms with Crippen LogP contribution in [-0.2, 0) is 0 Å². The molecule has 0 saturated carbocycles. The molecular formula is C17H17N5. The van der Waals surface area contributed by atoms with Gasteiger partial charge in [0.2, 0.25) is 0 Å². The Bertz CT molecular complexity index is 685. The molecule has 0 unspecified atom stereocenters. The zero-order chi connectivity index (χ0) is 16.5. The van der Waals surface area contributed by atoms with E-state index in [0.29, 0.717) is 0 Å². The van der Waals surface area contributed by atoms with Gasteiger partial charge >= 0.3 is 0 Å². The first-order valence-corrected chi connectivity index (χ1v) is 6.88. The van der Waals surface area contributed by atoms with Gasteiger partial charge in [0, 0.05) is 18.8 Å². The van der Waals surface area contributed by atoms with Crippen molar-refractivity contribution < 1.29 is 0 Å². The topological polar surface area (TPSA) is 101 Å². The normalized spacial score (nSPS) is 10.0. The Labute approximate surface area is 130 Å². The second kappa shape index (κ2) is 8.15. The lowest BCUT2D eigenvalue weighted by molar-refractivity contribution is 0.866. The lowest BCUT2D eigenvalue weighted by atomic mass is 10.1. The SMILES string of the molecule is CCN(CC)c1ccc(/C=C(\C#N)C(N)=C(C#N)C#N)cc1. The van der Waals surface area contributed by atoms with Crippen LogP contribution in [0.15, 0.2) is 41.1 Å². The second-order valence-corrected chi connectivity index (χ2v) is 4.45. The van der Waals surface area contributed by atoms with Crippen molar-refractivity contribution in [2.75, 3.05) is 18.0 Å². The number of rotatable bonds is 5. The number of anilines is 1. The van der Waals surface area contributed by atoms with Crippen LogP contribution in [0.3, 0.4) is 0 Å². The molecule has 1 rings (SSSR count). The van der Waals surface area contributed by atoms with E-state index in [1.165, 1.54) is 0 Å². The maximum Gasteiger partial charge on any atom is 0.153 e. The zero-order valence-corrected chi connectivity index (χ0v) is 12.7. The summed E-state index contributed by atoms with van der Waals surface area (Å²) in [5.41, 5.74) is 7.33. The monoisotopic (exact) mass is 291 g/mol. The minimum atomic E-state index is -0.257. The van der Waals surface area contributed by atoms with Crippen molar-refractivity contribution in [3.63, 3.8) is 0 Å². The molecule has 2 N–H and O–H groups in total. The van der Waals surface area contributed by atoms with E-state index in [1.54, 1.807) is 18.2 Å². The summed E-state index contributed by atoms with van der Waals surface area (Å²) in [6, 6.07) is 13.0. The van der Waals surface area contributed by atoms with Crippen LogP contribution in [0, 0.1) is 34.0 Å². The van der Waals surface area contributed by atoms with E-state index >= 15 is 0 Å². The number of benzene rings is 1. The lowest BCUT2D eigenvalue weighted by Crippen LogP contribution is -2.21. The maximum absolute atomic E-state index is 9.16. The molecule has 5 nitrogen and oxygen atoms in total. The zero-order valence-electron chi connectivity index (χ0n) is 12.7. The summed E-state index contributed by atoms with van der Waals surface area (Å²) < 4.78 is 0. The third-order valence-corrected chi connectivity index (χ3v) is 3.24. The van der Waals surface area contributed by atoms with Crippen molar-refractivity contribution in [1.82, 2.24) is 0 Å². The summed E-state index contributed by atoms with van der Waals surface area (Å²) in [5, 5.41) is 26.8. The molecule has 0 heterocycles. The van der Waals surface area contributed by atoms with E-state index in [-0.39, 0.29) is 16.8 Å². The van der Waals surface area contributed by atoms with Gasteiger partial charge in [-0.3, -0.25) is 0 Å². The Hall–Kier alpha value is -3.23. The highest BCUT2D eigenvalue weighted by atomic mass is 15.1. The van der Waals surface area contributed by atoms with Gasteiger partial charge in [-0.05, 0) is 37.6 Å². The molecule has 0 bridgehead atoms. The number of hydrogen-bond donors (Lipinski definition) is 1. The molecule has 0 aromatic heterocycles. The molecule has 5 heteroatoms. The summed E-state index contributed by atoms with van der Waals surface area (Å²) in [6.07, 6.45) is 1.57. The van der Waals surface area contributed by atoms with Crippen LogP contribution in [0.1, 0.15) is 19.4 Å². The van der Waals surface area contributed by atoms with Gasteiger partial charge in [0.25, 0.3) is 0 Å². The van der Waals surface area contributed by atoms with Gasteiger partial charge < -0.3 is 10.6 Å². The summed E-state index contributed by atoms with van der Waals surface area (Å²) in [6.45, 7) is 6.00. The summed E-state index contributed by atoms with van der Waals surface area (Å²) >= 11 is 0. The Morgan fingerprint density at radius 1 is 1.05 bits per heavy atom. The molecule has 0 aliphatic heterocycles. The highest BCUT2D eigenvalue weighted by Crippen LogP contribution is 2.18. The van der Waals surface area contributed by atoms with E-state index in [4.69, 9.17) is 21.5 Å².